The number of aromatic nitrogens is 2. The molecule has 6 heteroatoms. The molecule has 0 aliphatic heterocycles. The maximum Gasteiger partial charge on any atom is 0.247 e. The first-order valence-electron chi connectivity index (χ1n) is 8.06. The van der Waals surface area contributed by atoms with Crippen molar-refractivity contribution < 1.29 is 14.4 Å². The van der Waals surface area contributed by atoms with Crippen molar-refractivity contribution in [3.63, 3.8) is 0 Å². The van der Waals surface area contributed by atoms with Crippen LogP contribution in [0, 0.1) is 12.8 Å². The fourth-order valence-corrected chi connectivity index (χ4v) is 3.44. The van der Waals surface area contributed by atoms with Crippen LogP contribution in [0.2, 0.25) is 0 Å². The Morgan fingerprint density at radius 1 is 1.04 bits per heavy atom. The number of carbonyl (C=O) groups excluding carboxylic acids is 1. The second-order valence-electron chi connectivity index (χ2n) is 6.18. The molecule has 3 aromatic rings. The molecule has 3 atom stereocenters. The molecule has 0 bridgehead atoms. The highest BCUT2D eigenvalue weighted by Gasteiger charge is 2.56. The van der Waals surface area contributed by atoms with E-state index in [9.17, 15) is 4.79 Å². The third-order valence-electron chi connectivity index (χ3n) is 4.66. The van der Waals surface area contributed by atoms with Crippen LogP contribution in [0.3, 0.4) is 0 Å². The third kappa shape index (κ3) is 2.81. The molecule has 0 unspecified atom stereocenters. The van der Waals surface area contributed by atoms with Gasteiger partial charge in [-0.05, 0) is 17.2 Å². The molecule has 4 rings (SSSR count). The number of aryl methyl sites for hydroxylation is 1. The second kappa shape index (κ2) is 6.14. The van der Waals surface area contributed by atoms with Crippen LogP contribution in [0.4, 0.5) is 0 Å². The molecule has 1 aliphatic carbocycles. The Hall–Kier alpha value is -2.99. The van der Waals surface area contributed by atoms with Crippen molar-refractivity contribution in [1.29, 1.82) is 0 Å². The van der Waals surface area contributed by atoms with Gasteiger partial charge in [-0.1, -0.05) is 36.4 Å². The molecule has 126 valence electrons. The Morgan fingerprint density at radius 2 is 1.80 bits per heavy atom. The van der Waals surface area contributed by atoms with E-state index in [1.807, 2.05) is 42.5 Å². The molecule has 1 fully saturated rings. The largest absolute Gasteiger partial charge is 0.439 e. The molecule has 0 spiro atoms. The summed E-state index contributed by atoms with van der Waals surface area (Å²) in [6.07, 6.45) is 3.40. The predicted molar refractivity (Wildman–Crippen MR) is 89.8 cm³/mol. The number of benzene rings is 1. The Kier molecular flexibility index (Phi) is 3.82. The summed E-state index contributed by atoms with van der Waals surface area (Å²) in [5, 5.41) is 9.04. The molecule has 1 saturated carbocycles. The highest BCUT2D eigenvalue weighted by Crippen LogP contribution is 2.60. The lowest BCUT2D eigenvalue weighted by Gasteiger charge is -2.02. The standard InChI is InChI=1S/C19H17N3O3/c1-11-20-10-15(25-11)14-8-7-13(9-21-14)17-16(18(17)19(23)22-24)12-5-3-2-4-6-12/h2-10,16-18,24H,1H3,(H,22,23)/t16-,17-,18-/m1/s1. The van der Waals surface area contributed by atoms with Crippen LogP contribution in [0.15, 0.2) is 59.3 Å². The highest BCUT2D eigenvalue weighted by atomic mass is 16.5. The van der Waals surface area contributed by atoms with Crippen LogP contribution < -0.4 is 5.48 Å². The first kappa shape index (κ1) is 15.5. The van der Waals surface area contributed by atoms with Crippen molar-refractivity contribution in [2.75, 3.05) is 0 Å². The van der Waals surface area contributed by atoms with Crippen LogP contribution in [0.5, 0.6) is 0 Å². The van der Waals surface area contributed by atoms with Gasteiger partial charge in [0.2, 0.25) is 5.91 Å². The van der Waals surface area contributed by atoms with Gasteiger partial charge in [-0.15, -0.1) is 0 Å². The van der Waals surface area contributed by atoms with Crippen molar-refractivity contribution >= 4 is 5.91 Å². The molecule has 1 amide bonds. The molecule has 1 aromatic carbocycles. The summed E-state index contributed by atoms with van der Waals surface area (Å²) in [6.45, 7) is 1.78. The number of hydrogen-bond donors (Lipinski definition) is 2. The van der Waals surface area contributed by atoms with Gasteiger partial charge >= 0.3 is 0 Å². The zero-order valence-corrected chi connectivity index (χ0v) is 13.6. The van der Waals surface area contributed by atoms with Crippen molar-refractivity contribution in [1.82, 2.24) is 15.4 Å². The summed E-state index contributed by atoms with van der Waals surface area (Å²) < 4.78 is 5.48. The minimum atomic E-state index is -0.367. The second-order valence-corrected chi connectivity index (χ2v) is 6.18. The summed E-state index contributed by atoms with van der Waals surface area (Å²) in [5.41, 5.74) is 4.52. The Morgan fingerprint density at radius 3 is 2.40 bits per heavy atom. The van der Waals surface area contributed by atoms with E-state index in [-0.39, 0.29) is 23.7 Å². The summed E-state index contributed by atoms with van der Waals surface area (Å²) in [5.74, 6) is 0.568. The first-order chi connectivity index (χ1) is 12.2. The minimum absolute atomic E-state index is 0.00689. The van der Waals surface area contributed by atoms with Crippen molar-refractivity contribution in [3.8, 4) is 11.5 Å². The zero-order chi connectivity index (χ0) is 17.4. The number of carbonyl (C=O) groups is 1. The highest BCUT2D eigenvalue weighted by molar-refractivity contribution is 5.84. The average molecular weight is 335 g/mol. The minimum Gasteiger partial charge on any atom is -0.439 e. The van der Waals surface area contributed by atoms with Crippen LogP contribution >= 0.6 is 0 Å². The Bertz CT molecular complexity index is 890. The predicted octanol–water partition coefficient (Wildman–Crippen LogP) is 3.05. The quantitative estimate of drug-likeness (QED) is 0.565. The molecule has 2 aromatic heterocycles. The summed E-state index contributed by atoms with van der Waals surface area (Å²) in [7, 11) is 0. The lowest BCUT2D eigenvalue weighted by molar-refractivity contribution is -0.130. The number of oxazole rings is 1. The van der Waals surface area contributed by atoms with Gasteiger partial charge in [-0.25, -0.2) is 10.5 Å². The van der Waals surface area contributed by atoms with Gasteiger partial charge in [0, 0.05) is 25.0 Å². The molecule has 25 heavy (non-hydrogen) atoms. The number of amides is 1. The fourth-order valence-electron chi connectivity index (χ4n) is 3.44. The van der Waals surface area contributed by atoms with Gasteiger partial charge in [0.25, 0.3) is 0 Å². The maximum atomic E-state index is 12.0. The maximum absolute atomic E-state index is 12.0. The van der Waals surface area contributed by atoms with E-state index in [4.69, 9.17) is 9.62 Å². The smallest absolute Gasteiger partial charge is 0.247 e. The molecular weight excluding hydrogens is 318 g/mol. The topological polar surface area (TPSA) is 88.2 Å². The van der Waals surface area contributed by atoms with Crippen LogP contribution in [-0.2, 0) is 4.79 Å². The van der Waals surface area contributed by atoms with Crippen molar-refractivity contribution in [2.45, 2.75) is 18.8 Å². The molecule has 0 radical (unpaired) electrons. The SMILES string of the molecule is Cc1ncc(-c2ccc([C@H]3[C@H](C(=O)NO)[C@@H]3c3ccccc3)cn2)o1. The number of nitrogens with one attached hydrogen (secondary N) is 1. The number of hydrogen-bond acceptors (Lipinski definition) is 5. The number of rotatable bonds is 4. The van der Waals surface area contributed by atoms with Gasteiger partial charge in [0.05, 0.1) is 12.1 Å². The van der Waals surface area contributed by atoms with E-state index in [0.717, 1.165) is 11.1 Å². The van der Waals surface area contributed by atoms with E-state index >= 15 is 0 Å². The van der Waals surface area contributed by atoms with E-state index in [1.54, 1.807) is 24.8 Å². The summed E-state index contributed by atoms with van der Waals surface area (Å²) >= 11 is 0. The average Bonchev–Trinajstić information content (AvgIpc) is 3.27. The Balaban J connectivity index is 1.62. The molecule has 2 heterocycles. The van der Waals surface area contributed by atoms with Gasteiger partial charge in [0.15, 0.2) is 11.7 Å². The lowest BCUT2D eigenvalue weighted by atomic mass is 10.1. The van der Waals surface area contributed by atoms with E-state index in [1.165, 1.54) is 0 Å². The van der Waals surface area contributed by atoms with E-state index < -0.39 is 0 Å². The number of hydroxylamine groups is 1. The van der Waals surface area contributed by atoms with Crippen LogP contribution in [0.1, 0.15) is 28.9 Å². The molecule has 2 N–H and O–H groups in total. The van der Waals surface area contributed by atoms with Crippen LogP contribution in [0.25, 0.3) is 11.5 Å². The fraction of sp³-hybridized carbons (Fsp3) is 0.211. The van der Waals surface area contributed by atoms with Crippen molar-refractivity contribution in [2.24, 2.45) is 5.92 Å². The van der Waals surface area contributed by atoms with Gasteiger partial charge < -0.3 is 4.42 Å². The van der Waals surface area contributed by atoms with Gasteiger partial charge in [0.1, 0.15) is 5.69 Å². The van der Waals surface area contributed by atoms with Crippen molar-refractivity contribution in [3.05, 3.63) is 71.9 Å². The third-order valence-corrected chi connectivity index (χ3v) is 4.66. The summed E-state index contributed by atoms with van der Waals surface area (Å²) in [4.78, 5) is 20.5. The van der Waals surface area contributed by atoms with Crippen LogP contribution in [-0.4, -0.2) is 21.1 Å². The lowest BCUT2D eigenvalue weighted by Crippen LogP contribution is -2.21. The van der Waals surface area contributed by atoms with E-state index in [0.29, 0.717) is 17.3 Å². The molecule has 6 nitrogen and oxygen atoms in total. The molecule has 0 saturated heterocycles. The summed E-state index contributed by atoms with van der Waals surface area (Å²) in [6, 6.07) is 13.7. The van der Waals surface area contributed by atoms with E-state index in [2.05, 4.69) is 9.97 Å². The zero-order valence-electron chi connectivity index (χ0n) is 13.6. The number of nitrogens with zero attached hydrogens (tertiary/aromatic N) is 2. The Labute approximate surface area is 144 Å². The van der Waals surface area contributed by atoms with Gasteiger partial charge in [-0.2, -0.15) is 0 Å². The first-order valence-corrected chi connectivity index (χ1v) is 8.06. The normalized spacial score (nSPS) is 21.8. The molecular formula is C19H17N3O3. The van der Waals surface area contributed by atoms with Gasteiger partial charge in [-0.3, -0.25) is 15.0 Å². The monoisotopic (exact) mass is 335 g/mol. The molecule has 1 aliphatic rings. The number of pyridine rings is 1.